The normalized spacial score (nSPS) is 40.2. The zero-order chi connectivity index (χ0) is 9.84. The molecule has 1 saturated carbocycles. The van der Waals surface area contributed by atoms with Crippen molar-refractivity contribution in [3.05, 3.63) is 12.7 Å². The molecule has 2 heteroatoms. The Morgan fingerprint density at radius 3 is 2.23 bits per heavy atom. The van der Waals surface area contributed by atoms with Crippen LogP contribution in [0.2, 0.25) is 0 Å². The Hall–Kier alpha value is -0.340. The third kappa shape index (κ3) is 2.55. The van der Waals surface area contributed by atoms with Gasteiger partial charge in [0.2, 0.25) is 0 Å². The van der Waals surface area contributed by atoms with Crippen molar-refractivity contribution in [2.75, 3.05) is 0 Å². The molecule has 2 unspecified atom stereocenters. The lowest BCUT2D eigenvalue weighted by Crippen LogP contribution is -2.39. The van der Waals surface area contributed by atoms with E-state index in [0.717, 1.165) is 25.7 Å². The molecular weight excluding hydrogens is 164 g/mol. The van der Waals surface area contributed by atoms with E-state index < -0.39 is 0 Å². The van der Waals surface area contributed by atoms with E-state index >= 15 is 0 Å². The van der Waals surface area contributed by atoms with Gasteiger partial charge in [0, 0.05) is 5.92 Å². The molecule has 0 aliphatic heterocycles. The second-order valence-corrected chi connectivity index (χ2v) is 4.07. The van der Waals surface area contributed by atoms with Crippen LogP contribution in [0.4, 0.5) is 0 Å². The van der Waals surface area contributed by atoms with E-state index in [1.807, 2.05) is 13.0 Å². The number of rotatable bonds is 3. The zero-order valence-electron chi connectivity index (χ0n) is 8.32. The van der Waals surface area contributed by atoms with Gasteiger partial charge in [0.25, 0.3) is 0 Å². The molecule has 0 saturated heterocycles. The summed E-state index contributed by atoms with van der Waals surface area (Å²) in [6.07, 6.45) is 4.64. The molecule has 2 atom stereocenters. The monoisotopic (exact) mass is 184 g/mol. The fourth-order valence-electron chi connectivity index (χ4n) is 2.36. The Morgan fingerprint density at radius 2 is 1.85 bits per heavy atom. The van der Waals surface area contributed by atoms with Crippen molar-refractivity contribution in [2.45, 2.75) is 44.8 Å². The average molecular weight is 184 g/mol. The maximum absolute atomic E-state index is 9.74. The molecule has 0 bridgehead atoms. The summed E-state index contributed by atoms with van der Waals surface area (Å²) in [5.41, 5.74) is 0. The van der Waals surface area contributed by atoms with Gasteiger partial charge >= 0.3 is 0 Å². The molecule has 2 nitrogen and oxygen atoms in total. The molecule has 0 aromatic heterocycles. The van der Waals surface area contributed by atoms with Crippen LogP contribution in [0.1, 0.15) is 32.6 Å². The van der Waals surface area contributed by atoms with Gasteiger partial charge in [0.1, 0.15) is 0 Å². The Labute approximate surface area is 80.3 Å². The van der Waals surface area contributed by atoms with Crippen molar-refractivity contribution in [1.29, 1.82) is 0 Å². The summed E-state index contributed by atoms with van der Waals surface area (Å²) < 4.78 is 0. The third-order valence-corrected chi connectivity index (χ3v) is 3.11. The van der Waals surface area contributed by atoms with Gasteiger partial charge in [-0.1, -0.05) is 13.0 Å². The van der Waals surface area contributed by atoms with Crippen LogP contribution in [-0.2, 0) is 0 Å². The molecule has 0 spiro atoms. The molecule has 13 heavy (non-hydrogen) atoms. The maximum Gasteiger partial charge on any atom is 0.0595 e. The van der Waals surface area contributed by atoms with Crippen LogP contribution < -0.4 is 0 Å². The predicted molar refractivity (Wildman–Crippen MR) is 53.3 cm³/mol. The molecule has 0 heterocycles. The highest BCUT2D eigenvalue weighted by atomic mass is 16.3. The summed E-state index contributed by atoms with van der Waals surface area (Å²) in [6.45, 7) is 5.70. The van der Waals surface area contributed by atoms with Gasteiger partial charge in [-0.25, -0.2) is 0 Å². The van der Waals surface area contributed by atoms with Gasteiger partial charge in [-0.2, -0.15) is 0 Å². The van der Waals surface area contributed by atoms with Gasteiger partial charge in [-0.15, -0.1) is 6.58 Å². The lowest BCUT2D eigenvalue weighted by atomic mass is 9.75. The van der Waals surface area contributed by atoms with Gasteiger partial charge in [0.05, 0.1) is 12.2 Å². The van der Waals surface area contributed by atoms with Crippen LogP contribution in [0.15, 0.2) is 12.7 Å². The fraction of sp³-hybridized carbons (Fsp3) is 0.818. The third-order valence-electron chi connectivity index (χ3n) is 3.11. The van der Waals surface area contributed by atoms with E-state index in [9.17, 15) is 10.2 Å². The first-order chi connectivity index (χ1) is 6.19. The summed E-state index contributed by atoms with van der Waals surface area (Å²) in [7, 11) is 0. The van der Waals surface area contributed by atoms with Crippen molar-refractivity contribution in [3.63, 3.8) is 0 Å². The second-order valence-electron chi connectivity index (χ2n) is 4.07. The van der Waals surface area contributed by atoms with Gasteiger partial charge < -0.3 is 10.2 Å². The van der Waals surface area contributed by atoms with Crippen LogP contribution in [0.25, 0.3) is 0 Å². The van der Waals surface area contributed by atoms with Gasteiger partial charge in [-0.05, 0) is 31.6 Å². The number of aliphatic hydroxyl groups excluding tert-OH is 2. The molecule has 1 fully saturated rings. The minimum absolute atomic E-state index is 0.0843. The number of hydrogen-bond donors (Lipinski definition) is 2. The van der Waals surface area contributed by atoms with Crippen molar-refractivity contribution < 1.29 is 10.2 Å². The summed E-state index contributed by atoms with van der Waals surface area (Å²) in [6, 6.07) is 0. The van der Waals surface area contributed by atoms with Crippen LogP contribution in [-0.4, -0.2) is 22.4 Å². The molecular formula is C11H20O2. The van der Waals surface area contributed by atoms with Crippen molar-refractivity contribution in [2.24, 2.45) is 11.8 Å². The highest BCUT2D eigenvalue weighted by Gasteiger charge is 2.33. The number of aliphatic hydroxyl groups is 2. The standard InChI is InChI=1S/C11H20O2/c1-3-5-8-6-10(12)9(4-2)11(13)7-8/h3,8-13H,1,4-7H2,2H3. The summed E-state index contributed by atoms with van der Waals surface area (Å²) in [4.78, 5) is 0. The van der Waals surface area contributed by atoms with E-state index in [-0.39, 0.29) is 18.1 Å². The first kappa shape index (κ1) is 10.7. The van der Waals surface area contributed by atoms with E-state index in [4.69, 9.17) is 0 Å². The van der Waals surface area contributed by atoms with Crippen molar-refractivity contribution in [1.82, 2.24) is 0 Å². The highest BCUT2D eigenvalue weighted by Crippen LogP contribution is 2.33. The Kier molecular flexibility index (Phi) is 3.94. The summed E-state index contributed by atoms with van der Waals surface area (Å²) in [5, 5.41) is 19.5. The Balaban J connectivity index is 2.50. The average Bonchev–Trinajstić information content (AvgIpc) is 2.04. The quantitative estimate of drug-likeness (QED) is 0.656. The van der Waals surface area contributed by atoms with Crippen LogP contribution >= 0.6 is 0 Å². The zero-order valence-corrected chi connectivity index (χ0v) is 8.32. The van der Waals surface area contributed by atoms with Crippen molar-refractivity contribution in [3.8, 4) is 0 Å². The minimum Gasteiger partial charge on any atom is -0.393 e. The number of hydrogen-bond acceptors (Lipinski definition) is 2. The number of allylic oxidation sites excluding steroid dienone is 1. The molecule has 0 radical (unpaired) electrons. The SMILES string of the molecule is C=CCC1CC(O)C(CC)C(O)C1. The summed E-state index contributed by atoms with van der Waals surface area (Å²) in [5.74, 6) is 0.506. The first-order valence-electron chi connectivity index (χ1n) is 5.16. The molecule has 0 aromatic carbocycles. The Morgan fingerprint density at radius 1 is 1.31 bits per heavy atom. The molecule has 2 N–H and O–H groups in total. The molecule has 76 valence electrons. The molecule has 0 aromatic rings. The highest BCUT2D eigenvalue weighted by molar-refractivity contribution is 4.87. The summed E-state index contributed by atoms with van der Waals surface area (Å²) >= 11 is 0. The molecule has 1 rings (SSSR count). The second kappa shape index (κ2) is 4.77. The minimum atomic E-state index is -0.321. The van der Waals surface area contributed by atoms with Gasteiger partial charge in [0.15, 0.2) is 0 Å². The van der Waals surface area contributed by atoms with Gasteiger partial charge in [-0.3, -0.25) is 0 Å². The first-order valence-corrected chi connectivity index (χ1v) is 5.16. The topological polar surface area (TPSA) is 40.5 Å². The predicted octanol–water partition coefficient (Wildman–Crippen LogP) is 1.72. The smallest absolute Gasteiger partial charge is 0.0595 e. The van der Waals surface area contributed by atoms with Crippen LogP contribution in [0.5, 0.6) is 0 Å². The van der Waals surface area contributed by atoms with Crippen LogP contribution in [0.3, 0.4) is 0 Å². The van der Waals surface area contributed by atoms with Crippen LogP contribution in [0, 0.1) is 11.8 Å². The maximum atomic E-state index is 9.74. The van der Waals surface area contributed by atoms with E-state index in [1.54, 1.807) is 0 Å². The lowest BCUT2D eigenvalue weighted by Gasteiger charge is -2.36. The van der Waals surface area contributed by atoms with E-state index in [1.165, 1.54) is 0 Å². The fourth-order valence-corrected chi connectivity index (χ4v) is 2.36. The van der Waals surface area contributed by atoms with Crippen molar-refractivity contribution >= 4 is 0 Å². The molecule has 0 amide bonds. The molecule has 1 aliphatic rings. The van der Waals surface area contributed by atoms with E-state index in [2.05, 4.69) is 6.58 Å². The Bertz CT molecular complexity index is 155. The lowest BCUT2D eigenvalue weighted by molar-refractivity contribution is -0.0455. The largest absolute Gasteiger partial charge is 0.393 e. The molecule has 1 aliphatic carbocycles. The van der Waals surface area contributed by atoms with E-state index in [0.29, 0.717) is 5.92 Å².